The van der Waals surface area contributed by atoms with Crippen LogP contribution in [0.4, 0.5) is 0 Å². The minimum atomic E-state index is -0.274. The summed E-state index contributed by atoms with van der Waals surface area (Å²) in [4.78, 5) is 23.4. The lowest BCUT2D eigenvalue weighted by Crippen LogP contribution is -2.24. The monoisotopic (exact) mass is 271 g/mol. The van der Waals surface area contributed by atoms with E-state index in [1.54, 1.807) is 19.2 Å². The van der Waals surface area contributed by atoms with Crippen LogP contribution in [0.2, 0.25) is 0 Å². The number of nitrogens with zero attached hydrogens (tertiary/aromatic N) is 1. The largest absolute Gasteiger partial charge is 0.494 e. The molecule has 2 aromatic rings. The van der Waals surface area contributed by atoms with Crippen LogP contribution in [-0.2, 0) is 7.05 Å². The van der Waals surface area contributed by atoms with Gasteiger partial charge < -0.3 is 9.30 Å². The number of hydrogen-bond donors (Lipinski definition) is 0. The smallest absolute Gasteiger partial charge is 0.261 e. The predicted molar refractivity (Wildman–Crippen MR) is 78.3 cm³/mol. The summed E-state index contributed by atoms with van der Waals surface area (Å²) >= 11 is 0. The lowest BCUT2D eigenvalue weighted by Gasteiger charge is -2.10. The molecule has 0 spiro atoms. The van der Waals surface area contributed by atoms with Crippen molar-refractivity contribution in [1.29, 1.82) is 0 Å². The maximum absolute atomic E-state index is 12.1. The van der Waals surface area contributed by atoms with Crippen LogP contribution in [0.15, 0.2) is 41.2 Å². The zero-order chi connectivity index (χ0) is 14.7. The van der Waals surface area contributed by atoms with Gasteiger partial charge in [-0.3, -0.25) is 9.59 Å². The summed E-state index contributed by atoms with van der Waals surface area (Å²) in [5.74, 6) is 0.574. The van der Waals surface area contributed by atoms with E-state index in [4.69, 9.17) is 4.74 Å². The zero-order valence-corrected chi connectivity index (χ0v) is 11.8. The topological polar surface area (TPSA) is 48.3 Å². The Labute approximate surface area is 117 Å². The molecule has 20 heavy (non-hydrogen) atoms. The Morgan fingerprint density at radius 1 is 1.15 bits per heavy atom. The van der Waals surface area contributed by atoms with Gasteiger partial charge in [-0.05, 0) is 55.8 Å². The van der Waals surface area contributed by atoms with Crippen molar-refractivity contribution in [2.45, 2.75) is 13.8 Å². The first-order chi connectivity index (χ1) is 9.54. The standard InChI is InChI=1S/C16H17NO3/c1-4-20-13-7-5-12(6-8-13)15-10-9-14(11(2)18)16(19)17(15)3/h5-10H,4H2,1-3H3. The number of ether oxygens (including phenoxy) is 1. The highest BCUT2D eigenvalue weighted by Gasteiger charge is 2.10. The van der Waals surface area contributed by atoms with Crippen LogP contribution < -0.4 is 10.3 Å². The first-order valence-corrected chi connectivity index (χ1v) is 6.48. The summed E-state index contributed by atoms with van der Waals surface area (Å²) in [7, 11) is 1.67. The summed E-state index contributed by atoms with van der Waals surface area (Å²) in [6, 6.07) is 10.9. The maximum atomic E-state index is 12.1. The van der Waals surface area contributed by atoms with Crippen molar-refractivity contribution in [3.63, 3.8) is 0 Å². The molecule has 0 aliphatic heterocycles. The molecule has 4 heteroatoms. The van der Waals surface area contributed by atoms with Gasteiger partial charge in [0.15, 0.2) is 5.78 Å². The second-order valence-electron chi connectivity index (χ2n) is 4.51. The third-order valence-corrected chi connectivity index (χ3v) is 3.14. The van der Waals surface area contributed by atoms with Gasteiger partial charge in [0.1, 0.15) is 5.75 Å². The summed E-state index contributed by atoms with van der Waals surface area (Å²) in [6.45, 7) is 3.94. The molecule has 4 nitrogen and oxygen atoms in total. The Kier molecular flexibility index (Phi) is 4.03. The fraction of sp³-hybridized carbons (Fsp3) is 0.250. The van der Waals surface area contributed by atoms with Crippen molar-refractivity contribution in [2.75, 3.05) is 6.61 Å². The molecular weight excluding hydrogens is 254 g/mol. The molecule has 104 valence electrons. The summed E-state index contributed by atoms with van der Waals surface area (Å²) in [5, 5.41) is 0. The van der Waals surface area contributed by atoms with Gasteiger partial charge in [-0.25, -0.2) is 0 Å². The van der Waals surface area contributed by atoms with Crippen molar-refractivity contribution in [1.82, 2.24) is 4.57 Å². The second kappa shape index (κ2) is 5.74. The molecule has 1 aromatic carbocycles. The number of carbonyl (C=O) groups is 1. The van der Waals surface area contributed by atoms with Gasteiger partial charge in [-0.2, -0.15) is 0 Å². The van der Waals surface area contributed by atoms with Crippen LogP contribution in [0, 0.1) is 0 Å². The van der Waals surface area contributed by atoms with Gasteiger partial charge in [0.2, 0.25) is 0 Å². The number of aromatic nitrogens is 1. The minimum absolute atomic E-state index is 0.210. The van der Waals surface area contributed by atoms with E-state index in [9.17, 15) is 9.59 Å². The van der Waals surface area contributed by atoms with Crippen LogP contribution in [0.25, 0.3) is 11.3 Å². The molecule has 1 aromatic heterocycles. The third kappa shape index (κ3) is 2.64. The minimum Gasteiger partial charge on any atom is -0.494 e. The molecule has 0 aliphatic rings. The van der Waals surface area contributed by atoms with Gasteiger partial charge in [0.05, 0.1) is 17.9 Å². The first-order valence-electron chi connectivity index (χ1n) is 6.48. The molecule has 0 fully saturated rings. The average molecular weight is 271 g/mol. The van der Waals surface area contributed by atoms with E-state index in [0.29, 0.717) is 6.61 Å². The molecule has 0 unspecified atom stereocenters. The van der Waals surface area contributed by atoms with Crippen molar-refractivity contribution in [2.24, 2.45) is 7.05 Å². The summed E-state index contributed by atoms with van der Waals surface area (Å²) in [5.41, 5.74) is 1.61. The normalized spacial score (nSPS) is 10.3. The average Bonchev–Trinajstić information content (AvgIpc) is 2.43. The molecule has 0 saturated heterocycles. The molecule has 0 radical (unpaired) electrons. The molecule has 0 N–H and O–H groups in total. The summed E-state index contributed by atoms with van der Waals surface area (Å²) < 4.78 is 6.88. The molecule has 0 saturated carbocycles. The van der Waals surface area contributed by atoms with Crippen molar-refractivity contribution < 1.29 is 9.53 Å². The van der Waals surface area contributed by atoms with Crippen molar-refractivity contribution >= 4 is 5.78 Å². The SMILES string of the molecule is CCOc1ccc(-c2ccc(C(C)=O)c(=O)n2C)cc1. The molecule has 1 heterocycles. The Morgan fingerprint density at radius 2 is 1.80 bits per heavy atom. The van der Waals surface area contributed by atoms with Crippen molar-refractivity contribution in [3.8, 4) is 17.0 Å². The van der Waals surface area contributed by atoms with E-state index in [-0.39, 0.29) is 16.9 Å². The van der Waals surface area contributed by atoms with Crippen LogP contribution in [-0.4, -0.2) is 17.0 Å². The number of Topliss-reactive ketones (excluding diaryl/α,β-unsaturated/α-hetero) is 1. The van der Waals surface area contributed by atoms with E-state index < -0.39 is 0 Å². The molecule has 0 bridgehead atoms. The van der Waals surface area contributed by atoms with Gasteiger partial charge in [0, 0.05) is 7.05 Å². The number of pyridine rings is 1. The lowest BCUT2D eigenvalue weighted by atomic mass is 10.1. The van der Waals surface area contributed by atoms with Crippen LogP contribution in [0.5, 0.6) is 5.75 Å². The fourth-order valence-corrected chi connectivity index (χ4v) is 2.08. The summed E-state index contributed by atoms with van der Waals surface area (Å²) in [6.07, 6.45) is 0. The Morgan fingerprint density at radius 3 is 2.35 bits per heavy atom. The molecule has 2 rings (SSSR count). The fourth-order valence-electron chi connectivity index (χ4n) is 2.08. The van der Waals surface area contributed by atoms with E-state index in [0.717, 1.165) is 17.0 Å². The molecule has 0 atom stereocenters. The lowest BCUT2D eigenvalue weighted by molar-refractivity contribution is 0.101. The molecule has 0 amide bonds. The predicted octanol–water partition coefficient (Wildman–Crippen LogP) is 2.65. The van der Waals surface area contributed by atoms with Crippen LogP contribution in [0.3, 0.4) is 0 Å². The molecule has 0 aliphatic carbocycles. The molecular formula is C16H17NO3. The maximum Gasteiger partial charge on any atom is 0.261 e. The van der Waals surface area contributed by atoms with Gasteiger partial charge >= 0.3 is 0 Å². The number of carbonyl (C=O) groups excluding carboxylic acids is 1. The number of hydrogen-bond acceptors (Lipinski definition) is 3. The van der Waals surface area contributed by atoms with Gasteiger partial charge in [-0.1, -0.05) is 0 Å². The van der Waals surface area contributed by atoms with Crippen molar-refractivity contribution in [3.05, 3.63) is 52.3 Å². The van der Waals surface area contributed by atoms with E-state index in [1.807, 2.05) is 31.2 Å². The number of benzene rings is 1. The highest BCUT2D eigenvalue weighted by molar-refractivity contribution is 5.93. The Bertz CT molecular complexity index is 684. The van der Waals surface area contributed by atoms with E-state index >= 15 is 0 Å². The van der Waals surface area contributed by atoms with Crippen LogP contribution in [0.1, 0.15) is 24.2 Å². The highest BCUT2D eigenvalue weighted by atomic mass is 16.5. The van der Waals surface area contributed by atoms with E-state index in [1.165, 1.54) is 11.5 Å². The second-order valence-corrected chi connectivity index (χ2v) is 4.51. The van der Waals surface area contributed by atoms with Gasteiger partial charge in [-0.15, -0.1) is 0 Å². The Balaban J connectivity index is 2.45. The first kappa shape index (κ1) is 14.1. The van der Waals surface area contributed by atoms with Crippen LogP contribution >= 0.6 is 0 Å². The number of rotatable bonds is 4. The Hall–Kier alpha value is -2.36. The zero-order valence-electron chi connectivity index (χ0n) is 11.8. The number of ketones is 1. The third-order valence-electron chi connectivity index (χ3n) is 3.14. The highest BCUT2D eigenvalue weighted by Crippen LogP contribution is 2.21. The van der Waals surface area contributed by atoms with Gasteiger partial charge in [0.25, 0.3) is 5.56 Å². The quantitative estimate of drug-likeness (QED) is 0.803. The van der Waals surface area contributed by atoms with E-state index in [2.05, 4.69) is 0 Å².